The van der Waals surface area contributed by atoms with Crippen molar-refractivity contribution in [2.75, 3.05) is 0 Å². The summed E-state index contributed by atoms with van der Waals surface area (Å²) in [7, 11) is 0.908. The van der Waals surface area contributed by atoms with E-state index in [2.05, 4.69) is 132 Å². The SMILES string of the molecule is CC(C)(C)c1ccc(C2=CC(c3ccc(C(C)(C)C)cc3)=N/C2=C(/c2ccccc2)c2c(-c3ccc(C(C)(C)C)cc3)cc(C3=CCC(C(C)(C)C)C=C3)n2[B]Oc2c(F)c(F)c(C(F)(F)F)c(F)c2F)cc1. The van der Waals surface area contributed by atoms with E-state index in [1.54, 1.807) is 4.48 Å². The first-order valence-electron chi connectivity index (χ1n) is 24.5. The Bertz CT molecular complexity index is 3190. The van der Waals surface area contributed by atoms with E-state index >= 15 is 17.6 Å². The topological polar surface area (TPSA) is 26.5 Å². The van der Waals surface area contributed by atoms with Crippen LogP contribution < -0.4 is 4.65 Å². The van der Waals surface area contributed by atoms with Crippen LogP contribution in [0.25, 0.3) is 27.8 Å². The Hall–Kier alpha value is -6.62. The quantitative estimate of drug-likeness (QED) is 0.0805. The fourth-order valence-electron chi connectivity index (χ4n) is 9.26. The second kappa shape index (κ2) is 19.3. The summed E-state index contributed by atoms with van der Waals surface area (Å²) in [5, 5.41) is 0. The number of alkyl halides is 3. The van der Waals surface area contributed by atoms with Crippen molar-refractivity contribution in [3.63, 3.8) is 0 Å². The van der Waals surface area contributed by atoms with Crippen LogP contribution in [0.4, 0.5) is 30.7 Å². The average molecular weight is 994 g/mol. The van der Waals surface area contributed by atoms with Crippen LogP contribution in [0.5, 0.6) is 5.75 Å². The van der Waals surface area contributed by atoms with Gasteiger partial charge in [0, 0.05) is 33.7 Å². The maximum Gasteiger partial charge on any atom is 0.526 e. The second-order valence-electron chi connectivity index (χ2n) is 23.2. The number of aliphatic imine (C=N–C) groups is 1. The van der Waals surface area contributed by atoms with Gasteiger partial charge in [0.05, 0.1) is 11.4 Å². The molecule has 11 heteroatoms. The largest absolute Gasteiger partial charge is 0.538 e. The standard InChI is InChI=1S/C62H61BF7N2O/c1-58(2,3)41-26-18-36(19-27-41)45-34-47(38-22-30-43(31-23-38)60(7,8)9)71-55(45)49(40-16-14-13-15-17-40)56-46(37-20-28-42(29-21-37)59(4,5)6)35-48(39-24-32-44(33-25-39)61(10,11)12)72(56)63-73-57-53(66)51(64)50(62(68,69)70)52(65)54(57)67/h13-32,34-35,44H,33H2,1-12H3/b55-49-. The highest BCUT2D eigenvalue weighted by Crippen LogP contribution is 2.47. The molecule has 377 valence electrons. The number of allylic oxidation sites excluding steroid dienone is 6. The molecule has 1 atom stereocenters. The summed E-state index contributed by atoms with van der Waals surface area (Å²) in [5.74, 6) is -11.5. The molecule has 0 saturated carbocycles. The maximum atomic E-state index is 15.9. The van der Waals surface area contributed by atoms with Gasteiger partial charge in [-0.1, -0.05) is 204 Å². The number of halogens is 7. The van der Waals surface area contributed by atoms with Gasteiger partial charge in [0.25, 0.3) is 0 Å². The summed E-state index contributed by atoms with van der Waals surface area (Å²) < 4.78 is 111. The lowest BCUT2D eigenvalue weighted by Crippen LogP contribution is -2.23. The van der Waals surface area contributed by atoms with Crippen molar-refractivity contribution in [3.8, 4) is 16.9 Å². The molecule has 0 amide bonds. The minimum atomic E-state index is -5.74. The molecule has 0 bridgehead atoms. The lowest BCUT2D eigenvalue weighted by atomic mass is 9.76. The molecule has 0 saturated heterocycles. The van der Waals surface area contributed by atoms with E-state index < -0.39 is 40.8 Å². The zero-order valence-electron chi connectivity index (χ0n) is 43.5. The smallest absolute Gasteiger partial charge is 0.526 e. The van der Waals surface area contributed by atoms with E-state index in [4.69, 9.17) is 9.65 Å². The van der Waals surface area contributed by atoms with Crippen LogP contribution in [-0.2, 0) is 22.4 Å². The van der Waals surface area contributed by atoms with Gasteiger partial charge >= 0.3 is 13.8 Å². The lowest BCUT2D eigenvalue weighted by molar-refractivity contribution is -0.143. The Morgan fingerprint density at radius 1 is 0.616 bits per heavy atom. The van der Waals surface area contributed by atoms with Crippen LogP contribution in [0.15, 0.2) is 144 Å². The Labute approximate surface area is 426 Å². The van der Waals surface area contributed by atoms with Gasteiger partial charge in [-0.3, -0.25) is 0 Å². The van der Waals surface area contributed by atoms with E-state index in [0.717, 1.165) is 46.6 Å². The van der Waals surface area contributed by atoms with Crippen LogP contribution in [0.2, 0.25) is 0 Å². The van der Waals surface area contributed by atoms with Crippen molar-refractivity contribution in [2.45, 2.75) is 112 Å². The van der Waals surface area contributed by atoms with Crippen LogP contribution in [0, 0.1) is 34.6 Å². The van der Waals surface area contributed by atoms with E-state index in [1.807, 2.05) is 84.9 Å². The van der Waals surface area contributed by atoms with E-state index in [9.17, 15) is 13.2 Å². The Morgan fingerprint density at radius 3 is 1.56 bits per heavy atom. The van der Waals surface area contributed by atoms with E-state index in [1.165, 1.54) is 0 Å². The Kier molecular flexibility index (Phi) is 14.0. The molecule has 2 aliphatic rings. The van der Waals surface area contributed by atoms with Crippen molar-refractivity contribution < 1.29 is 35.4 Å². The molecule has 6 aromatic rings. The van der Waals surface area contributed by atoms with Gasteiger partial charge in [-0.15, -0.1) is 0 Å². The van der Waals surface area contributed by atoms with Gasteiger partial charge < -0.3 is 9.13 Å². The average Bonchev–Trinajstić information content (AvgIpc) is 3.93. The third kappa shape index (κ3) is 10.7. The van der Waals surface area contributed by atoms with Gasteiger partial charge in [-0.2, -0.15) is 22.0 Å². The van der Waals surface area contributed by atoms with Crippen molar-refractivity contribution in [1.82, 2.24) is 4.48 Å². The van der Waals surface area contributed by atoms with Crippen molar-refractivity contribution >= 4 is 30.0 Å². The highest BCUT2D eigenvalue weighted by Gasteiger charge is 2.43. The fraction of sp³-hybridized carbons (Fsp3) is 0.306. The molecule has 1 aliphatic carbocycles. The van der Waals surface area contributed by atoms with Crippen molar-refractivity contribution in [3.05, 3.63) is 213 Å². The predicted molar refractivity (Wildman–Crippen MR) is 284 cm³/mol. The van der Waals surface area contributed by atoms with Crippen molar-refractivity contribution in [1.29, 1.82) is 0 Å². The maximum absolute atomic E-state index is 15.9. The highest BCUT2D eigenvalue weighted by molar-refractivity contribution is 6.29. The minimum absolute atomic E-state index is 0.101. The van der Waals surface area contributed by atoms with Crippen LogP contribution in [0.3, 0.4) is 0 Å². The number of hydrogen-bond donors (Lipinski definition) is 0. The second-order valence-corrected chi connectivity index (χ2v) is 23.2. The molecule has 3 nitrogen and oxygen atoms in total. The molecule has 1 radical (unpaired) electrons. The Balaban J connectivity index is 1.49. The molecule has 1 aromatic heterocycles. The molecular formula is C62H61BF7N2O. The van der Waals surface area contributed by atoms with Crippen LogP contribution in [0.1, 0.15) is 140 Å². The molecular weight excluding hydrogens is 932 g/mol. The highest BCUT2D eigenvalue weighted by atomic mass is 19.4. The molecule has 0 N–H and O–H groups in total. The number of hydrogen-bond acceptors (Lipinski definition) is 2. The normalized spacial score (nSPS) is 16.3. The van der Waals surface area contributed by atoms with E-state index in [0.29, 0.717) is 51.5 Å². The molecule has 8 rings (SSSR count). The fourth-order valence-corrected chi connectivity index (χ4v) is 9.26. The first kappa shape index (κ1) is 52.7. The zero-order valence-corrected chi connectivity index (χ0v) is 43.5. The first-order chi connectivity index (χ1) is 34.0. The minimum Gasteiger partial charge on any atom is -0.538 e. The summed E-state index contributed by atoms with van der Waals surface area (Å²) in [4.78, 5) is 5.50. The molecule has 73 heavy (non-hydrogen) atoms. The van der Waals surface area contributed by atoms with Gasteiger partial charge in [-0.05, 0) is 85.1 Å². The van der Waals surface area contributed by atoms with Gasteiger partial charge in [0.15, 0.2) is 17.4 Å². The molecule has 1 aliphatic heterocycles. The number of aromatic nitrogens is 1. The summed E-state index contributed by atoms with van der Waals surface area (Å²) in [6.45, 7) is 25.6. The van der Waals surface area contributed by atoms with Gasteiger partial charge in [-0.25, -0.2) is 13.8 Å². The summed E-state index contributed by atoms with van der Waals surface area (Å²) in [6, 6.07) is 36.0. The third-order valence-electron chi connectivity index (χ3n) is 13.8. The van der Waals surface area contributed by atoms with Crippen LogP contribution >= 0.6 is 0 Å². The van der Waals surface area contributed by atoms with E-state index in [-0.39, 0.29) is 27.6 Å². The summed E-state index contributed by atoms with van der Waals surface area (Å²) in [5.41, 5.74) is 7.85. The zero-order chi connectivity index (χ0) is 53.2. The predicted octanol–water partition coefficient (Wildman–Crippen LogP) is 17.4. The molecule has 1 unspecified atom stereocenters. The lowest BCUT2D eigenvalue weighted by Gasteiger charge is -2.29. The molecule has 5 aromatic carbocycles. The molecule has 0 spiro atoms. The summed E-state index contributed by atoms with van der Waals surface area (Å²) >= 11 is 0. The Morgan fingerprint density at radius 2 is 1.11 bits per heavy atom. The monoisotopic (exact) mass is 993 g/mol. The van der Waals surface area contributed by atoms with Gasteiger partial charge in [0.2, 0.25) is 11.6 Å². The third-order valence-corrected chi connectivity index (χ3v) is 13.8. The molecule has 2 heterocycles. The molecule has 0 fully saturated rings. The number of benzene rings is 5. The van der Waals surface area contributed by atoms with Gasteiger partial charge in [0.1, 0.15) is 5.56 Å². The van der Waals surface area contributed by atoms with Crippen molar-refractivity contribution in [2.24, 2.45) is 16.3 Å². The number of nitrogens with zero attached hydrogens (tertiary/aromatic N) is 2. The first-order valence-corrected chi connectivity index (χ1v) is 24.5. The summed E-state index contributed by atoms with van der Waals surface area (Å²) in [6.07, 6.45) is 3.03. The number of rotatable bonds is 9. The van der Waals surface area contributed by atoms with Crippen LogP contribution in [-0.4, -0.2) is 17.8 Å².